The normalized spacial score (nSPS) is 10.5. The highest BCUT2D eigenvalue weighted by Gasteiger charge is 2.09. The van der Waals surface area contributed by atoms with Crippen molar-refractivity contribution in [1.82, 2.24) is 14.8 Å². The monoisotopic (exact) mass is 295 g/mol. The number of anilines is 2. The molecule has 3 N–H and O–H groups in total. The predicted molar refractivity (Wildman–Crippen MR) is 75.8 cm³/mol. The topological polar surface area (TPSA) is 85.8 Å². The van der Waals surface area contributed by atoms with E-state index >= 15 is 0 Å². The largest absolute Gasteiger partial charge is 0.368 e. The lowest BCUT2D eigenvalue weighted by molar-refractivity contribution is -0.115. The molecular formula is C12H14FN5OS. The molecule has 0 spiro atoms. The number of thioether (sulfide) groups is 1. The molecule has 2 aromatic rings. The van der Waals surface area contributed by atoms with E-state index in [9.17, 15) is 9.18 Å². The summed E-state index contributed by atoms with van der Waals surface area (Å²) in [6.07, 6.45) is 0.242. The van der Waals surface area contributed by atoms with Crippen LogP contribution in [0.4, 0.5) is 16.0 Å². The number of carbonyl (C=O) groups excluding carboxylic acids is 1. The Labute approximate surface area is 119 Å². The zero-order valence-electron chi connectivity index (χ0n) is 10.8. The van der Waals surface area contributed by atoms with Gasteiger partial charge in [-0.2, -0.15) is 0 Å². The van der Waals surface area contributed by atoms with Crippen LogP contribution in [0.3, 0.4) is 0 Å². The molecule has 0 aliphatic carbocycles. The van der Waals surface area contributed by atoms with E-state index in [1.807, 2.05) is 0 Å². The van der Waals surface area contributed by atoms with Crippen LogP contribution in [0.1, 0.15) is 6.42 Å². The lowest BCUT2D eigenvalue weighted by Crippen LogP contribution is -2.13. The van der Waals surface area contributed by atoms with Gasteiger partial charge in [0.2, 0.25) is 11.9 Å². The molecule has 0 aliphatic rings. The molecule has 1 heterocycles. The molecule has 1 amide bonds. The molecule has 106 valence electrons. The Morgan fingerprint density at radius 1 is 1.45 bits per heavy atom. The summed E-state index contributed by atoms with van der Waals surface area (Å²) in [5, 5.41) is 10.7. The van der Waals surface area contributed by atoms with Gasteiger partial charge in [0, 0.05) is 19.2 Å². The lowest BCUT2D eigenvalue weighted by Gasteiger charge is -2.05. The molecule has 0 aliphatic heterocycles. The summed E-state index contributed by atoms with van der Waals surface area (Å²) in [7, 11) is 1.75. The number of nitrogen functional groups attached to an aromatic ring is 1. The van der Waals surface area contributed by atoms with E-state index in [0.29, 0.717) is 16.9 Å². The quantitative estimate of drug-likeness (QED) is 0.819. The Morgan fingerprint density at radius 2 is 2.20 bits per heavy atom. The van der Waals surface area contributed by atoms with Gasteiger partial charge in [-0.3, -0.25) is 9.36 Å². The van der Waals surface area contributed by atoms with Gasteiger partial charge in [-0.25, -0.2) is 4.39 Å². The SMILES string of the molecule is Cn1c(N)nnc1SCCC(=O)Nc1ccccc1F. The van der Waals surface area contributed by atoms with Gasteiger partial charge in [0.05, 0.1) is 5.69 Å². The lowest BCUT2D eigenvalue weighted by atomic mass is 10.3. The van der Waals surface area contributed by atoms with Crippen LogP contribution in [0.2, 0.25) is 0 Å². The van der Waals surface area contributed by atoms with Gasteiger partial charge < -0.3 is 11.1 Å². The first kappa shape index (κ1) is 14.3. The number of hydrogen-bond acceptors (Lipinski definition) is 5. The summed E-state index contributed by atoms with van der Waals surface area (Å²) in [6, 6.07) is 6.05. The summed E-state index contributed by atoms with van der Waals surface area (Å²) < 4.78 is 15.0. The summed E-state index contributed by atoms with van der Waals surface area (Å²) >= 11 is 1.37. The molecule has 0 atom stereocenters. The van der Waals surface area contributed by atoms with Gasteiger partial charge in [-0.1, -0.05) is 23.9 Å². The van der Waals surface area contributed by atoms with Crippen LogP contribution in [-0.2, 0) is 11.8 Å². The molecule has 0 bridgehead atoms. The average Bonchev–Trinajstić information content (AvgIpc) is 2.73. The van der Waals surface area contributed by atoms with Crippen molar-refractivity contribution >= 4 is 29.3 Å². The van der Waals surface area contributed by atoms with E-state index in [1.54, 1.807) is 23.7 Å². The Balaban J connectivity index is 1.81. The van der Waals surface area contributed by atoms with Gasteiger partial charge >= 0.3 is 0 Å². The number of carbonyl (C=O) groups is 1. The maximum Gasteiger partial charge on any atom is 0.225 e. The summed E-state index contributed by atoms with van der Waals surface area (Å²) in [5.74, 6) is 0.127. The Hall–Kier alpha value is -2.09. The van der Waals surface area contributed by atoms with Crippen LogP contribution in [0, 0.1) is 5.82 Å². The van der Waals surface area contributed by atoms with Gasteiger partial charge in [0.1, 0.15) is 5.82 Å². The molecule has 8 heteroatoms. The molecular weight excluding hydrogens is 281 g/mol. The summed E-state index contributed by atoms with van der Waals surface area (Å²) in [6.45, 7) is 0. The highest BCUT2D eigenvalue weighted by Crippen LogP contribution is 2.18. The first-order chi connectivity index (χ1) is 9.58. The van der Waals surface area contributed by atoms with E-state index in [1.165, 1.54) is 23.9 Å². The number of rotatable bonds is 5. The Kier molecular flexibility index (Phi) is 4.57. The Bertz CT molecular complexity index is 616. The van der Waals surface area contributed by atoms with E-state index in [2.05, 4.69) is 15.5 Å². The fourth-order valence-corrected chi connectivity index (χ4v) is 2.32. The number of benzene rings is 1. The van der Waals surface area contributed by atoms with E-state index in [4.69, 9.17) is 5.73 Å². The van der Waals surface area contributed by atoms with Gasteiger partial charge in [0.25, 0.3) is 0 Å². The minimum atomic E-state index is -0.449. The number of nitrogens with zero attached hydrogens (tertiary/aromatic N) is 3. The van der Waals surface area contributed by atoms with E-state index in [0.717, 1.165) is 0 Å². The predicted octanol–water partition coefficient (Wildman–Crippen LogP) is 1.66. The number of amides is 1. The van der Waals surface area contributed by atoms with E-state index in [-0.39, 0.29) is 18.0 Å². The number of hydrogen-bond donors (Lipinski definition) is 2. The molecule has 0 unspecified atom stereocenters. The van der Waals surface area contributed by atoms with Crippen molar-refractivity contribution in [2.75, 3.05) is 16.8 Å². The molecule has 20 heavy (non-hydrogen) atoms. The van der Waals surface area contributed by atoms with Crippen LogP contribution in [0.15, 0.2) is 29.4 Å². The van der Waals surface area contributed by atoms with Gasteiger partial charge in [-0.05, 0) is 12.1 Å². The molecule has 6 nitrogen and oxygen atoms in total. The molecule has 0 saturated carbocycles. The van der Waals surface area contributed by atoms with E-state index < -0.39 is 5.82 Å². The number of halogens is 1. The smallest absolute Gasteiger partial charge is 0.225 e. The molecule has 0 saturated heterocycles. The number of aromatic nitrogens is 3. The minimum Gasteiger partial charge on any atom is -0.368 e. The number of para-hydroxylation sites is 1. The second kappa shape index (κ2) is 6.38. The highest BCUT2D eigenvalue weighted by molar-refractivity contribution is 7.99. The van der Waals surface area contributed by atoms with Crippen molar-refractivity contribution in [3.05, 3.63) is 30.1 Å². The fraction of sp³-hybridized carbons (Fsp3) is 0.250. The molecule has 1 aromatic carbocycles. The highest BCUT2D eigenvalue weighted by atomic mass is 32.2. The summed E-state index contributed by atoms with van der Waals surface area (Å²) in [5.41, 5.74) is 5.73. The number of nitrogens with two attached hydrogens (primary N) is 1. The van der Waals surface area contributed by atoms with Crippen LogP contribution < -0.4 is 11.1 Å². The second-order valence-electron chi connectivity index (χ2n) is 4.03. The molecule has 0 fully saturated rings. The second-order valence-corrected chi connectivity index (χ2v) is 5.09. The molecule has 2 rings (SSSR count). The standard InChI is InChI=1S/C12H14FN5OS/c1-18-11(14)16-17-12(18)20-7-6-10(19)15-9-5-3-2-4-8(9)13/h2-5H,6-7H2,1H3,(H2,14,16)(H,15,19). The van der Waals surface area contributed by atoms with Gasteiger partial charge in [0.15, 0.2) is 5.16 Å². The maximum atomic E-state index is 13.3. The van der Waals surface area contributed by atoms with Crippen molar-refractivity contribution in [2.24, 2.45) is 7.05 Å². The van der Waals surface area contributed by atoms with Gasteiger partial charge in [-0.15, -0.1) is 10.2 Å². The maximum absolute atomic E-state index is 13.3. The zero-order valence-corrected chi connectivity index (χ0v) is 11.7. The first-order valence-corrected chi connectivity index (χ1v) is 6.88. The van der Waals surface area contributed by atoms with Crippen molar-refractivity contribution in [3.8, 4) is 0 Å². The molecule has 1 aromatic heterocycles. The van der Waals surface area contributed by atoms with Crippen molar-refractivity contribution in [3.63, 3.8) is 0 Å². The number of nitrogens with one attached hydrogen (secondary N) is 1. The summed E-state index contributed by atoms with van der Waals surface area (Å²) in [4.78, 5) is 11.7. The van der Waals surface area contributed by atoms with Crippen LogP contribution in [-0.4, -0.2) is 26.4 Å². The Morgan fingerprint density at radius 3 is 2.85 bits per heavy atom. The molecule has 0 radical (unpaired) electrons. The first-order valence-electron chi connectivity index (χ1n) is 5.90. The zero-order chi connectivity index (χ0) is 14.5. The third-order valence-electron chi connectivity index (χ3n) is 2.58. The van der Waals surface area contributed by atoms with Crippen molar-refractivity contribution in [2.45, 2.75) is 11.6 Å². The fourth-order valence-electron chi connectivity index (χ4n) is 1.46. The average molecular weight is 295 g/mol. The third kappa shape index (κ3) is 3.47. The van der Waals surface area contributed by atoms with Crippen LogP contribution in [0.5, 0.6) is 0 Å². The minimum absolute atomic E-state index is 0.186. The van der Waals surface area contributed by atoms with Crippen molar-refractivity contribution in [1.29, 1.82) is 0 Å². The van der Waals surface area contributed by atoms with Crippen LogP contribution >= 0.6 is 11.8 Å². The third-order valence-corrected chi connectivity index (χ3v) is 3.60. The van der Waals surface area contributed by atoms with Crippen molar-refractivity contribution < 1.29 is 9.18 Å². The van der Waals surface area contributed by atoms with Crippen LogP contribution in [0.25, 0.3) is 0 Å².